The van der Waals surface area contributed by atoms with E-state index in [0.717, 1.165) is 10.9 Å². The summed E-state index contributed by atoms with van der Waals surface area (Å²) in [6, 6.07) is 9.77. The van der Waals surface area contributed by atoms with Crippen LogP contribution in [0.25, 0.3) is 0 Å². The summed E-state index contributed by atoms with van der Waals surface area (Å²) < 4.78 is 6.56. The SMILES string of the molecule is CC(Cc1ccc(Br)cc1)NC(=O)c1ccoc1Br. The zero-order valence-corrected chi connectivity index (χ0v) is 13.5. The number of hydrogen-bond acceptors (Lipinski definition) is 2. The van der Waals surface area contributed by atoms with Gasteiger partial charge in [0.1, 0.15) is 0 Å². The Balaban J connectivity index is 1.94. The van der Waals surface area contributed by atoms with Crippen molar-refractivity contribution >= 4 is 37.8 Å². The van der Waals surface area contributed by atoms with Gasteiger partial charge in [0.05, 0.1) is 11.8 Å². The second-order valence-corrected chi connectivity index (χ2v) is 5.95. The summed E-state index contributed by atoms with van der Waals surface area (Å²) in [4.78, 5) is 12.0. The molecule has 0 aliphatic heterocycles. The predicted octanol–water partition coefficient (Wildman–Crippen LogP) is 4.17. The van der Waals surface area contributed by atoms with Crippen LogP contribution in [-0.2, 0) is 6.42 Å². The topological polar surface area (TPSA) is 42.2 Å². The van der Waals surface area contributed by atoms with E-state index in [4.69, 9.17) is 4.42 Å². The van der Waals surface area contributed by atoms with Gasteiger partial charge in [0.15, 0.2) is 4.67 Å². The van der Waals surface area contributed by atoms with Crippen molar-refractivity contribution in [1.29, 1.82) is 0 Å². The second kappa shape index (κ2) is 6.39. The third kappa shape index (κ3) is 3.94. The van der Waals surface area contributed by atoms with Crippen LogP contribution >= 0.6 is 31.9 Å². The van der Waals surface area contributed by atoms with E-state index in [1.807, 2.05) is 31.2 Å². The quantitative estimate of drug-likeness (QED) is 0.856. The third-order valence-corrected chi connectivity index (χ3v) is 3.84. The minimum atomic E-state index is -0.134. The van der Waals surface area contributed by atoms with E-state index >= 15 is 0 Å². The summed E-state index contributed by atoms with van der Waals surface area (Å²) in [6.45, 7) is 1.98. The number of carbonyl (C=O) groups is 1. The lowest BCUT2D eigenvalue weighted by Crippen LogP contribution is -2.34. The van der Waals surface area contributed by atoms with Gasteiger partial charge < -0.3 is 9.73 Å². The Kier molecular flexibility index (Phi) is 4.82. The molecule has 1 N–H and O–H groups in total. The van der Waals surface area contributed by atoms with Crippen LogP contribution in [0.1, 0.15) is 22.8 Å². The Labute approximate surface area is 128 Å². The second-order valence-electron chi connectivity index (χ2n) is 4.31. The number of hydrogen-bond donors (Lipinski definition) is 1. The lowest BCUT2D eigenvalue weighted by atomic mass is 10.1. The van der Waals surface area contributed by atoms with Crippen molar-refractivity contribution in [2.45, 2.75) is 19.4 Å². The standard InChI is InChI=1S/C14H13Br2NO2/c1-9(8-10-2-4-11(15)5-3-10)17-14(18)12-6-7-19-13(12)16/h2-7,9H,8H2,1H3,(H,17,18). The van der Waals surface area contributed by atoms with Crippen molar-refractivity contribution < 1.29 is 9.21 Å². The number of nitrogens with one attached hydrogen (secondary N) is 1. The number of amides is 1. The molecule has 1 aromatic heterocycles. The molecule has 19 heavy (non-hydrogen) atoms. The van der Waals surface area contributed by atoms with Crippen molar-refractivity contribution in [1.82, 2.24) is 5.32 Å². The fourth-order valence-electron chi connectivity index (χ4n) is 1.78. The van der Waals surface area contributed by atoms with E-state index in [0.29, 0.717) is 10.2 Å². The molecule has 2 rings (SSSR count). The lowest BCUT2D eigenvalue weighted by Gasteiger charge is -2.13. The van der Waals surface area contributed by atoms with Gasteiger partial charge in [0.2, 0.25) is 0 Å². The lowest BCUT2D eigenvalue weighted by molar-refractivity contribution is 0.0938. The molecule has 5 heteroatoms. The molecule has 0 spiro atoms. The highest BCUT2D eigenvalue weighted by Crippen LogP contribution is 2.17. The molecule has 2 aromatic rings. The first-order valence-electron chi connectivity index (χ1n) is 5.84. The highest BCUT2D eigenvalue weighted by Gasteiger charge is 2.15. The molecular weight excluding hydrogens is 374 g/mol. The summed E-state index contributed by atoms with van der Waals surface area (Å²) in [5.74, 6) is -0.134. The molecule has 0 saturated heterocycles. The summed E-state index contributed by atoms with van der Waals surface area (Å²) in [6.07, 6.45) is 2.27. The average molecular weight is 387 g/mol. The molecule has 0 saturated carbocycles. The summed E-state index contributed by atoms with van der Waals surface area (Å²) in [5.41, 5.74) is 1.70. The van der Waals surface area contributed by atoms with Gasteiger partial charge in [0, 0.05) is 10.5 Å². The number of carbonyl (C=O) groups excluding carboxylic acids is 1. The molecule has 1 atom stereocenters. The van der Waals surface area contributed by atoms with Crippen molar-refractivity contribution in [2.24, 2.45) is 0 Å². The van der Waals surface area contributed by atoms with E-state index in [9.17, 15) is 4.79 Å². The van der Waals surface area contributed by atoms with Crippen LogP contribution in [0, 0.1) is 0 Å². The normalized spacial score (nSPS) is 12.2. The highest BCUT2D eigenvalue weighted by molar-refractivity contribution is 9.10. The van der Waals surface area contributed by atoms with Gasteiger partial charge in [-0.2, -0.15) is 0 Å². The van der Waals surface area contributed by atoms with Crippen molar-refractivity contribution in [3.63, 3.8) is 0 Å². The zero-order chi connectivity index (χ0) is 13.8. The first-order chi connectivity index (χ1) is 9.06. The molecule has 0 fully saturated rings. The fraction of sp³-hybridized carbons (Fsp3) is 0.214. The molecule has 0 bridgehead atoms. The maximum Gasteiger partial charge on any atom is 0.255 e. The summed E-state index contributed by atoms with van der Waals surface area (Å²) in [5, 5.41) is 2.95. The van der Waals surface area contributed by atoms with Crippen molar-refractivity contribution in [3.8, 4) is 0 Å². The van der Waals surface area contributed by atoms with Crippen molar-refractivity contribution in [3.05, 3.63) is 56.9 Å². The number of furan rings is 1. The molecule has 1 amide bonds. The summed E-state index contributed by atoms with van der Waals surface area (Å²) in [7, 11) is 0. The van der Waals surface area contributed by atoms with Crippen LogP contribution in [0.4, 0.5) is 0 Å². The van der Waals surface area contributed by atoms with Gasteiger partial charge in [-0.3, -0.25) is 4.79 Å². The van der Waals surface area contributed by atoms with Crippen LogP contribution < -0.4 is 5.32 Å². The van der Waals surface area contributed by atoms with Crippen LogP contribution in [0.15, 0.2) is 50.2 Å². The Bertz CT molecular complexity index is 563. The highest BCUT2D eigenvalue weighted by atomic mass is 79.9. The Hall–Kier alpha value is -1.07. The van der Waals surface area contributed by atoms with Crippen LogP contribution in [-0.4, -0.2) is 11.9 Å². The van der Waals surface area contributed by atoms with E-state index < -0.39 is 0 Å². The van der Waals surface area contributed by atoms with Gasteiger partial charge in [0.25, 0.3) is 5.91 Å². The molecule has 1 aromatic carbocycles. The smallest absolute Gasteiger partial charge is 0.255 e. The predicted molar refractivity (Wildman–Crippen MR) is 81.2 cm³/mol. The fourth-order valence-corrected chi connectivity index (χ4v) is 2.47. The van der Waals surface area contributed by atoms with Crippen molar-refractivity contribution in [2.75, 3.05) is 0 Å². The minimum Gasteiger partial charge on any atom is -0.457 e. The van der Waals surface area contributed by atoms with E-state index in [1.54, 1.807) is 6.07 Å². The first-order valence-corrected chi connectivity index (χ1v) is 7.43. The third-order valence-electron chi connectivity index (χ3n) is 2.70. The van der Waals surface area contributed by atoms with Crippen LogP contribution in [0.2, 0.25) is 0 Å². The number of rotatable bonds is 4. The Morgan fingerprint density at radius 1 is 1.26 bits per heavy atom. The molecule has 1 unspecified atom stereocenters. The van der Waals surface area contributed by atoms with Gasteiger partial charge in [-0.05, 0) is 53.0 Å². The van der Waals surface area contributed by atoms with Crippen LogP contribution in [0.3, 0.4) is 0 Å². The van der Waals surface area contributed by atoms with Gasteiger partial charge in [-0.1, -0.05) is 28.1 Å². The first kappa shape index (κ1) is 14.3. The molecule has 3 nitrogen and oxygen atoms in total. The molecule has 0 aliphatic rings. The van der Waals surface area contributed by atoms with E-state index in [1.165, 1.54) is 11.8 Å². The molecule has 100 valence electrons. The molecule has 1 heterocycles. The van der Waals surface area contributed by atoms with Gasteiger partial charge in [-0.15, -0.1) is 0 Å². The Morgan fingerprint density at radius 2 is 1.95 bits per heavy atom. The minimum absolute atomic E-state index is 0.0514. The summed E-state index contributed by atoms with van der Waals surface area (Å²) >= 11 is 6.60. The zero-order valence-electron chi connectivity index (χ0n) is 10.3. The maximum absolute atomic E-state index is 12.0. The number of halogens is 2. The van der Waals surface area contributed by atoms with E-state index in [2.05, 4.69) is 37.2 Å². The van der Waals surface area contributed by atoms with Gasteiger partial charge >= 0.3 is 0 Å². The van der Waals surface area contributed by atoms with Gasteiger partial charge in [-0.25, -0.2) is 0 Å². The molecule has 0 aliphatic carbocycles. The largest absolute Gasteiger partial charge is 0.457 e. The van der Waals surface area contributed by atoms with Crippen LogP contribution in [0.5, 0.6) is 0 Å². The monoisotopic (exact) mass is 385 g/mol. The number of benzene rings is 1. The average Bonchev–Trinajstić information content (AvgIpc) is 2.78. The molecular formula is C14H13Br2NO2. The Morgan fingerprint density at radius 3 is 2.53 bits per heavy atom. The van der Waals surface area contributed by atoms with E-state index in [-0.39, 0.29) is 11.9 Å². The molecule has 0 radical (unpaired) electrons. The maximum atomic E-state index is 12.0.